The van der Waals surface area contributed by atoms with E-state index in [1.165, 1.54) is 100 Å². The maximum atomic E-state index is 4.37. The van der Waals surface area contributed by atoms with Crippen LogP contribution in [0.4, 0.5) is 51.2 Å². The summed E-state index contributed by atoms with van der Waals surface area (Å²) in [6.07, 6.45) is 4.37. The van der Waals surface area contributed by atoms with Gasteiger partial charge in [-0.05, 0) is 71.2 Å². The van der Waals surface area contributed by atoms with Crippen molar-refractivity contribution in [2.75, 3.05) is 171 Å². The Labute approximate surface area is 413 Å². The van der Waals surface area contributed by atoms with E-state index in [-0.39, 0.29) is 58.9 Å². The third-order valence-corrected chi connectivity index (χ3v) is 18.5. The molecular weight excluding hydrogens is 885 g/mol. The molecule has 0 saturated carbocycles. The minimum atomic E-state index is -3.59. The molecule has 3 aromatic carbocycles. The predicted octanol–water partition coefficient (Wildman–Crippen LogP) is -2.45. The molecule has 62 heavy (non-hydrogen) atoms. The number of allylic oxidation sites excluding steroid dienone is 4. The van der Waals surface area contributed by atoms with Gasteiger partial charge in [-0.2, -0.15) is 11.1 Å². The molecule has 9 nitrogen and oxygen atoms in total. The van der Waals surface area contributed by atoms with Crippen molar-refractivity contribution < 1.29 is 58.9 Å². The van der Waals surface area contributed by atoms with Gasteiger partial charge >= 0.3 is 21.7 Å². The molecule has 0 amide bonds. The molecule has 0 aliphatic heterocycles. The Bertz CT molecular complexity index is 1950. The predicted molar refractivity (Wildman–Crippen MR) is 266 cm³/mol. The fraction of sp³-hybridized carbons (Fsp3) is 0.542. The average molecular weight is 964 g/mol. The van der Waals surface area contributed by atoms with Gasteiger partial charge in [-0.3, -0.25) is 6.08 Å². The van der Waals surface area contributed by atoms with Crippen LogP contribution < -0.4 is 96.9 Å². The molecule has 344 valence electrons. The summed E-state index contributed by atoms with van der Waals surface area (Å²) in [6, 6.07) is 7.75. The molecule has 0 spiro atoms. The van der Waals surface area contributed by atoms with Gasteiger partial charge in [0, 0.05) is 144 Å². The zero-order chi connectivity index (χ0) is 44.4. The molecule has 0 saturated heterocycles. The van der Waals surface area contributed by atoms with Gasteiger partial charge in [0.25, 0.3) is 0 Å². The summed E-state index contributed by atoms with van der Waals surface area (Å²) in [7, 11) is 36.3. The largest absolute Gasteiger partial charge is 4.00 e. The molecule has 0 aromatic heterocycles. The molecule has 0 heterocycles. The number of benzene rings is 3. The van der Waals surface area contributed by atoms with Crippen molar-refractivity contribution in [3.05, 3.63) is 57.7 Å². The molecule has 0 bridgehead atoms. The van der Waals surface area contributed by atoms with Gasteiger partial charge in [-0.25, -0.2) is 5.57 Å². The van der Waals surface area contributed by atoms with Crippen LogP contribution in [-0.4, -0.2) is 135 Å². The smallest absolute Gasteiger partial charge is 1.00 e. The number of halogens is 3. The molecular formula is C48H78Cl3N9SiTi. The molecule has 1 unspecified atom stereocenters. The third kappa shape index (κ3) is 9.30. The van der Waals surface area contributed by atoms with Gasteiger partial charge in [-0.15, -0.1) is 6.92 Å². The first-order valence-corrected chi connectivity index (χ1v) is 22.5. The second-order valence-corrected chi connectivity index (χ2v) is 22.8. The first-order valence-electron chi connectivity index (χ1n) is 20.5. The molecule has 0 fully saturated rings. The van der Waals surface area contributed by atoms with Crippen molar-refractivity contribution in [2.24, 2.45) is 0 Å². The maximum Gasteiger partial charge on any atom is 4.00 e. The summed E-state index contributed by atoms with van der Waals surface area (Å²) in [5.41, 5.74) is 18.9. The standard InChI is InChI=1S/C48H78N9Si.3ClH.Ti/c1-30-29-48(7,35(6)31(30)2)58(39-26-36(49(8)9)32(3)42(52(14)15)45(39)55(20)21,40-27-37(50(10)11)33(4)43(53(16)17)46(40)56(22)23)41-28-38(51(12)13)34(5)44(54(18)19)47(41)57(24)25;;;;/h26-28H,1-25H3;3*1H;/q-1;;;;+4/p-3. The monoisotopic (exact) mass is 961 g/mol. The van der Waals surface area contributed by atoms with Crippen LogP contribution in [0.15, 0.2) is 34.9 Å². The summed E-state index contributed by atoms with van der Waals surface area (Å²) in [5.74, 6) is 0. The number of anilines is 9. The minimum absolute atomic E-state index is 0. The molecule has 0 radical (unpaired) electrons. The van der Waals surface area contributed by atoms with Gasteiger partial charge in [0.15, 0.2) is 8.07 Å². The average Bonchev–Trinajstić information content (AvgIpc) is 3.29. The number of hydrogen-bond donors (Lipinski definition) is 0. The Morgan fingerprint density at radius 2 is 0.613 bits per heavy atom. The number of nitrogens with zero attached hydrogens (tertiary/aromatic N) is 9. The Balaban J connectivity index is 0.00000930. The van der Waals surface area contributed by atoms with Gasteiger partial charge in [0.05, 0.1) is 34.1 Å². The van der Waals surface area contributed by atoms with Crippen LogP contribution in [0.1, 0.15) is 44.4 Å². The van der Waals surface area contributed by atoms with E-state index < -0.39 is 13.1 Å². The summed E-state index contributed by atoms with van der Waals surface area (Å²) in [6.45, 7) is 16.4. The van der Waals surface area contributed by atoms with Crippen LogP contribution in [-0.2, 0) is 21.7 Å². The van der Waals surface area contributed by atoms with E-state index in [9.17, 15) is 0 Å². The van der Waals surface area contributed by atoms with E-state index in [0.717, 1.165) is 0 Å². The first kappa shape index (κ1) is 59.1. The topological polar surface area (TPSA) is 29.2 Å². The first-order chi connectivity index (χ1) is 26.6. The summed E-state index contributed by atoms with van der Waals surface area (Å²) in [4.78, 5) is 21.2. The van der Waals surface area contributed by atoms with Crippen molar-refractivity contribution in [2.45, 2.75) is 53.5 Å². The molecule has 1 aliphatic carbocycles. The van der Waals surface area contributed by atoms with E-state index in [4.69, 9.17) is 0 Å². The summed E-state index contributed by atoms with van der Waals surface area (Å²) < 4.78 is 0. The second kappa shape index (κ2) is 21.4. The Kier molecular flexibility index (Phi) is 20.4. The summed E-state index contributed by atoms with van der Waals surface area (Å²) >= 11 is 0. The molecule has 1 aliphatic rings. The zero-order valence-corrected chi connectivity index (χ0v) is 47.7. The van der Waals surface area contributed by atoms with Crippen LogP contribution in [0.5, 0.6) is 0 Å². The second-order valence-electron chi connectivity index (χ2n) is 18.7. The van der Waals surface area contributed by atoms with E-state index in [1.807, 2.05) is 0 Å². The number of hydrogen-bond acceptors (Lipinski definition) is 9. The van der Waals surface area contributed by atoms with Gasteiger partial charge in [0.2, 0.25) is 0 Å². The van der Waals surface area contributed by atoms with E-state index in [0.29, 0.717) is 0 Å². The van der Waals surface area contributed by atoms with E-state index in [2.05, 4.69) is 244 Å². The maximum absolute atomic E-state index is 4.37. The molecule has 0 N–H and O–H groups in total. The molecule has 1 atom stereocenters. The Morgan fingerprint density at radius 1 is 0.387 bits per heavy atom. The Morgan fingerprint density at radius 3 is 0.774 bits per heavy atom. The normalized spacial score (nSPS) is 14.4. The van der Waals surface area contributed by atoms with Crippen molar-refractivity contribution in [3.63, 3.8) is 0 Å². The molecule has 4 rings (SSSR count). The quantitative estimate of drug-likeness (QED) is 0.105. The van der Waals surface area contributed by atoms with Crippen molar-refractivity contribution in [3.8, 4) is 0 Å². The Hall–Kier alpha value is -2.86. The molecule has 14 heteroatoms. The van der Waals surface area contributed by atoms with Crippen LogP contribution >= 0.6 is 0 Å². The minimum Gasteiger partial charge on any atom is -1.00 e. The van der Waals surface area contributed by atoms with Gasteiger partial charge in [-0.1, -0.05) is 25.8 Å². The van der Waals surface area contributed by atoms with Gasteiger partial charge in [0.1, 0.15) is 0 Å². The van der Waals surface area contributed by atoms with Crippen molar-refractivity contribution >= 4 is 74.8 Å². The fourth-order valence-electron chi connectivity index (χ4n) is 10.3. The van der Waals surface area contributed by atoms with E-state index >= 15 is 0 Å². The van der Waals surface area contributed by atoms with Gasteiger partial charge < -0.3 is 81.3 Å². The molecule has 3 aromatic rings. The van der Waals surface area contributed by atoms with Crippen molar-refractivity contribution in [1.82, 2.24) is 0 Å². The van der Waals surface area contributed by atoms with Crippen molar-refractivity contribution in [1.29, 1.82) is 0 Å². The fourth-order valence-corrected chi connectivity index (χ4v) is 17.1. The van der Waals surface area contributed by atoms with Crippen LogP contribution in [0.25, 0.3) is 0 Å². The van der Waals surface area contributed by atoms with Crippen LogP contribution in [0, 0.1) is 26.8 Å². The SMILES string of the molecule is CC1=[C-]C(C)([Si](c2cc(N(C)C)c(C)c(N(C)C)c2N(C)C)(c2cc(N(C)C)c(C)c(N(C)C)c2N(C)C)c2cc(N(C)C)c(C)c(N(C)C)c2N(C)C)C(C)=C1C.[Cl-].[Cl-].[Cl-].[Ti+4]. The van der Waals surface area contributed by atoms with Crippen LogP contribution in [0.3, 0.4) is 0 Å². The van der Waals surface area contributed by atoms with E-state index in [1.54, 1.807) is 0 Å². The summed E-state index contributed by atoms with van der Waals surface area (Å²) in [5, 5.41) is 3.56. The van der Waals surface area contributed by atoms with Crippen LogP contribution in [0.2, 0.25) is 5.04 Å². The number of rotatable bonds is 13. The zero-order valence-electron chi connectivity index (χ0n) is 42.9. The third-order valence-electron chi connectivity index (χ3n) is 12.9.